The molecule has 2 aromatic heterocycles. The van der Waals surface area contributed by atoms with Gasteiger partial charge in [0.15, 0.2) is 10.8 Å². The first-order valence-corrected chi connectivity index (χ1v) is 13.4. The smallest absolute Gasteiger partial charge is 0.276 e. The van der Waals surface area contributed by atoms with E-state index < -0.39 is 15.9 Å². The van der Waals surface area contributed by atoms with E-state index in [4.69, 9.17) is 11.6 Å². The van der Waals surface area contributed by atoms with E-state index in [1.807, 2.05) is 42.5 Å². The molecule has 0 radical (unpaired) electrons. The van der Waals surface area contributed by atoms with Crippen molar-refractivity contribution in [3.63, 3.8) is 0 Å². The summed E-state index contributed by atoms with van der Waals surface area (Å²) in [6, 6.07) is 24.3. The molecule has 0 fully saturated rings. The SMILES string of the molecule is O=C(Nc1ccc(S(=O)(=O)Nc2nccs2)cc1)c1cc(-c2ccc(Cl)cc2)n(-c2ccccc2)n1. The second kappa shape index (κ2) is 9.94. The Morgan fingerprint density at radius 3 is 2.33 bits per heavy atom. The summed E-state index contributed by atoms with van der Waals surface area (Å²) in [5.74, 6) is -0.434. The Hall–Kier alpha value is -3.99. The van der Waals surface area contributed by atoms with E-state index in [1.165, 1.54) is 41.8 Å². The summed E-state index contributed by atoms with van der Waals surface area (Å²) in [4.78, 5) is 17.0. The number of aromatic nitrogens is 3. The number of thiazole rings is 1. The molecule has 5 aromatic rings. The van der Waals surface area contributed by atoms with Gasteiger partial charge in [-0.05, 0) is 54.6 Å². The van der Waals surface area contributed by atoms with Crippen molar-refractivity contribution in [3.8, 4) is 16.9 Å². The van der Waals surface area contributed by atoms with Gasteiger partial charge in [-0.2, -0.15) is 5.10 Å². The van der Waals surface area contributed by atoms with E-state index in [2.05, 4.69) is 20.1 Å². The number of anilines is 2. The van der Waals surface area contributed by atoms with Crippen LogP contribution in [0.3, 0.4) is 0 Å². The zero-order valence-corrected chi connectivity index (χ0v) is 20.9. The summed E-state index contributed by atoms with van der Waals surface area (Å²) in [5, 5.41) is 9.86. The number of benzene rings is 3. The van der Waals surface area contributed by atoms with E-state index in [1.54, 1.807) is 28.3 Å². The average molecular weight is 536 g/mol. The molecule has 180 valence electrons. The van der Waals surface area contributed by atoms with Gasteiger partial charge in [-0.15, -0.1) is 11.3 Å². The fraction of sp³-hybridized carbons (Fsp3) is 0. The number of carbonyl (C=O) groups excluding carboxylic acids is 1. The Balaban J connectivity index is 1.39. The quantitative estimate of drug-likeness (QED) is 0.278. The molecule has 0 saturated carbocycles. The van der Waals surface area contributed by atoms with Crippen molar-refractivity contribution in [2.75, 3.05) is 10.0 Å². The lowest BCUT2D eigenvalue weighted by molar-refractivity contribution is 0.102. The average Bonchev–Trinajstić information content (AvgIpc) is 3.55. The van der Waals surface area contributed by atoms with Gasteiger partial charge in [-0.25, -0.2) is 18.1 Å². The van der Waals surface area contributed by atoms with Crippen LogP contribution in [-0.2, 0) is 10.0 Å². The second-order valence-electron chi connectivity index (χ2n) is 7.59. The molecule has 1 amide bonds. The first-order valence-electron chi connectivity index (χ1n) is 10.6. The number of nitrogens with one attached hydrogen (secondary N) is 2. The number of carbonyl (C=O) groups is 1. The monoisotopic (exact) mass is 535 g/mol. The first kappa shape index (κ1) is 23.7. The van der Waals surface area contributed by atoms with Crippen LogP contribution < -0.4 is 10.0 Å². The molecule has 3 aromatic carbocycles. The maximum atomic E-state index is 13.0. The van der Waals surface area contributed by atoms with Gasteiger partial charge in [-0.3, -0.25) is 9.52 Å². The molecular weight excluding hydrogens is 518 g/mol. The summed E-state index contributed by atoms with van der Waals surface area (Å²) in [6.07, 6.45) is 1.51. The number of hydrogen-bond donors (Lipinski definition) is 2. The topological polar surface area (TPSA) is 106 Å². The molecule has 0 aliphatic rings. The number of rotatable bonds is 7. The van der Waals surface area contributed by atoms with Gasteiger partial charge in [0.1, 0.15) is 0 Å². The van der Waals surface area contributed by atoms with E-state index in [0.29, 0.717) is 10.7 Å². The van der Waals surface area contributed by atoms with Crippen molar-refractivity contribution >= 4 is 49.7 Å². The molecule has 0 bridgehead atoms. The molecule has 0 aliphatic carbocycles. The summed E-state index contributed by atoms with van der Waals surface area (Å²) in [6.45, 7) is 0. The molecule has 2 heterocycles. The van der Waals surface area contributed by atoms with Crippen molar-refractivity contribution in [3.05, 3.63) is 107 Å². The normalized spacial score (nSPS) is 11.2. The predicted molar refractivity (Wildman–Crippen MR) is 141 cm³/mol. The van der Waals surface area contributed by atoms with Gasteiger partial charge in [0.05, 0.1) is 16.3 Å². The minimum absolute atomic E-state index is 0.0501. The fourth-order valence-corrected chi connectivity index (χ4v) is 5.36. The van der Waals surface area contributed by atoms with Crippen LogP contribution in [-0.4, -0.2) is 29.1 Å². The maximum Gasteiger partial charge on any atom is 0.276 e. The van der Waals surface area contributed by atoms with Crippen LogP contribution in [0.2, 0.25) is 5.02 Å². The molecule has 0 aliphatic heterocycles. The molecule has 8 nitrogen and oxygen atoms in total. The minimum Gasteiger partial charge on any atom is -0.321 e. The van der Waals surface area contributed by atoms with Crippen molar-refractivity contribution in [2.45, 2.75) is 4.90 Å². The molecule has 0 atom stereocenters. The van der Waals surface area contributed by atoms with Crippen molar-refractivity contribution in [2.24, 2.45) is 0 Å². The summed E-state index contributed by atoms with van der Waals surface area (Å²) >= 11 is 7.23. The number of sulfonamides is 1. The van der Waals surface area contributed by atoms with Gasteiger partial charge >= 0.3 is 0 Å². The summed E-state index contributed by atoms with van der Waals surface area (Å²) < 4.78 is 29.2. The van der Waals surface area contributed by atoms with Crippen LogP contribution in [0.5, 0.6) is 0 Å². The third-order valence-corrected chi connectivity index (χ3v) is 7.58. The van der Waals surface area contributed by atoms with Gasteiger partial charge in [0.25, 0.3) is 15.9 Å². The number of para-hydroxylation sites is 1. The summed E-state index contributed by atoms with van der Waals surface area (Å²) in [7, 11) is -3.79. The van der Waals surface area contributed by atoms with E-state index in [9.17, 15) is 13.2 Å². The van der Waals surface area contributed by atoms with Crippen LogP contribution >= 0.6 is 22.9 Å². The van der Waals surface area contributed by atoms with Crippen LogP contribution in [0.1, 0.15) is 10.5 Å². The molecule has 5 rings (SSSR count). The highest BCUT2D eigenvalue weighted by Gasteiger charge is 2.19. The number of hydrogen-bond acceptors (Lipinski definition) is 6. The fourth-order valence-electron chi connectivity index (χ4n) is 3.44. The Kier molecular flexibility index (Phi) is 6.55. The molecule has 36 heavy (non-hydrogen) atoms. The highest BCUT2D eigenvalue weighted by Crippen LogP contribution is 2.26. The molecule has 11 heteroatoms. The van der Waals surface area contributed by atoms with E-state index >= 15 is 0 Å². The predicted octanol–water partition coefficient (Wildman–Crippen LogP) is 5.70. The third-order valence-electron chi connectivity index (χ3n) is 5.16. The van der Waals surface area contributed by atoms with Crippen LogP contribution in [0.4, 0.5) is 10.8 Å². The van der Waals surface area contributed by atoms with Gasteiger partial charge < -0.3 is 5.32 Å². The highest BCUT2D eigenvalue weighted by molar-refractivity contribution is 7.93. The largest absolute Gasteiger partial charge is 0.321 e. The second-order valence-corrected chi connectivity index (χ2v) is 10.6. The lowest BCUT2D eigenvalue weighted by atomic mass is 10.1. The van der Waals surface area contributed by atoms with Gasteiger partial charge in [-0.1, -0.05) is 41.9 Å². The molecule has 0 spiro atoms. The van der Waals surface area contributed by atoms with Gasteiger partial charge in [0.2, 0.25) is 0 Å². The zero-order chi connectivity index (χ0) is 25.1. The van der Waals surface area contributed by atoms with E-state index in [0.717, 1.165) is 16.9 Å². The number of amides is 1. The number of nitrogens with zero attached hydrogens (tertiary/aromatic N) is 3. The van der Waals surface area contributed by atoms with Crippen molar-refractivity contribution in [1.82, 2.24) is 14.8 Å². The molecule has 0 unspecified atom stereocenters. The Morgan fingerprint density at radius 1 is 0.944 bits per heavy atom. The van der Waals surface area contributed by atoms with Crippen LogP contribution in [0.15, 0.2) is 101 Å². The Morgan fingerprint density at radius 2 is 1.67 bits per heavy atom. The van der Waals surface area contributed by atoms with E-state index in [-0.39, 0.29) is 15.7 Å². The Labute approximate surface area is 216 Å². The minimum atomic E-state index is -3.79. The Bertz CT molecular complexity index is 1600. The van der Waals surface area contributed by atoms with Crippen LogP contribution in [0.25, 0.3) is 16.9 Å². The standard InChI is InChI=1S/C25H18ClN5O3S2/c26-18-8-6-17(7-9-18)23-16-22(29-31(23)20-4-2-1-3-5-20)24(32)28-19-10-12-21(13-11-19)36(33,34)30-25-27-14-15-35-25/h1-16H,(H,27,30)(H,28,32). The van der Waals surface area contributed by atoms with Crippen molar-refractivity contribution < 1.29 is 13.2 Å². The lowest BCUT2D eigenvalue weighted by Gasteiger charge is -2.07. The lowest BCUT2D eigenvalue weighted by Crippen LogP contribution is -2.14. The molecule has 2 N–H and O–H groups in total. The third kappa shape index (κ3) is 5.15. The number of halogens is 1. The highest BCUT2D eigenvalue weighted by atomic mass is 35.5. The van der Waals surface area contributed by atoms with Crippen LogP contribution in [0, 0.1) is 0 Å². The zero-order valence-electron chi connectivity index (χ0n) is 18.5. The van der Waals surface area contributed by atoms with Gasteiger partial charge in [0, 0.05) is 27.9 Å². The first-order chi connectivity index (χ1) is 17.4. The molecular formula is C25H18ClN5O3S2. The van der Waals surface area contributed by atoms with Crippen molar-refractivity contribution in [1.29, 1.82) is 0 Å². The maximum absolute atomic E-state index is 13.0. The molecule has 0 saturated heterocycles. The summed E-state index contributed by atoms with van der Waals surface area (Å²) in [5.41, 5.74) is 2.99.